The van der Waals surface area contributed by atoms with Crippen molar-refractivity contribution >= 4 is 23.5 Å². The number of esters is 1. The van der Waals surface area contributed by atoms with Crippen LogP contribution in [0, 0.1) is 5.92 Å². The molecule has 1 aliphatic heterocycles. The summed E-state index contributed by atoms with van der Waals surface area (Å²) < 4.78 is 5.26. The van der Waals surface area contributed by atoms with E-state index in [2.05, 4.69) is 18.3 Å². The lowest BCUT2D eigenvalue weighted by Crippen LogP contribution is -2.35. The van der Waals surface area contributed by atoms with Gasteiger partial charge in [-0.1, -0.05) is 43.3 Å². The van der Waals surface area contributed by atoms with Gasteiger partial charge in [-0.25, -0.2) is 0 Å². The van der Waals surface area contributed by atoms with Crippen molar-refractivity contribution in [1.82, 2.24) is 5.32 Å². The maximum Gasteiger partial charge on any atom is 0.311 e. The Morgan fingerprint density at radius 3 is 2.68 bits per heavy atom. The largest absolute Gasteiger partial charge is 0.455 e. The van der Waals surface area contributed by atoms with E-state index in [1.165, 1.54) is 11.1 Å². The van der Waals surface area contributed by atoms with Crippen LogP contribution >= 0.6 is 0 Å². The van der Waals surface area contributed by atoms with Crippen LogP contribution < -0.4 is 10.2 Å². The average Bonchev–Trinajstić information content (AvgIpc) is 3.19. The minimum absolute atomic E-state index is 0.0502. The Hall–Kier alpha value is -3.15. The Bertz CT molecular complexity index is 970. The lowest BCUT2D eigenvalue weighted by Gasteiger charge is -2.26. The number of hydrogen-bond acceptors (Lipinski definition) is 4. The number of aryl methyl sites for hydroxylation is 2. The van der Waals surface area contributed by atoms with E-state index in [-0.39, 0.29) is 37.4 Å². The molecule has 4 rings (SSSR count). The van der Waals surface area contributed by atoms with E-state index in [1.54, 1.807) is 4.90 Å². The molecule has 2 aromatic rings. The van der Waals surface area contributed by atoms with Crippen LogP contribution in [0.15, 0.2) is 48.5 Å². The first-order valence-corrected chi connectivity index (χ1v) is 11.0. The van der Waals surface area contributed by atoms with E-state index in [4.69, 9.17) is 4.74 Å². The summed E-state index contributed by atoms with van der Waals surface area (Å²) in [5, 5.41) is 2.98. The van der Waals surface area contributed by atoms with Crippen LogP contribution in [0.25, 0.3) is 0 Å². The first-order valence-electron chi connectivity index (χ1n) is 11.0. The predicted molar refractivity (Wildman–Crippen MR) is 118 cm³/mol. The number of anilines is 1. The van der Waals surface area contributed by atoms with Crippen molar-refractivity contribution in [2.24, 2.45) is 5.92 Å². The number of fused-ring (bicyclic) bond motifs is 1. The Morgan fingerprint density at radius 2 is 1.90 bits per heavy atom. The molecule has 0 unspecified atom stereocenters. The van der Waals surface area contributed by atoms with Gasteiger partial charge in [0, 0.05) is 18.7 Å². The molecular formula is C25H28N2O4. The van der Waals surface area contributed by atoms with Crippen LogP contribution in [-0.2, 0) is 32.0 Å². The second-order valence-electron chi connectivity index (χ2n) is 8.24. The minimum Gasteiger partial charge on any atom is -0.455 e. The second kappa shape index (κ2) is 9.33. The number of ether oxygens (including phenoxy) is 1. The fourth-order valence-corrected chi connectivity index (χ4v) is 4.42. The van der Waals surface area contributed by atoms with Gasteiger partial charge in [0.2, 0.25) is 5.91 Å². The first-order chi connectivity index (χ1) is 15.0. The van der Waals surface area contributed by atoms with Crippen LogP contribution in [0.5, 0.6) is 0 Å². The van der Waals surface area contributed by atoms with Crippen LogP contribution in [0.3, 0.4) is 0 Å². The summed E-state index contributed by atoms with van der Waals surface area (Å²) in [5.74, 6) is -1.47. The summed E-state index contributed by atoms with van der Waals surface area (Å²) in [6, 6.07) is 15.8. The standard InChI is InChI=1S/C25H28N2O4/c1-2-17-10-12-20(13-11-17)27-15-19(14-24(27)29)25(30)31-16-23(28)26-22-9-5-7-18-6-3-4-8-21(18)22/h3-4,6,8,10-13,19,22H,2,5,7,9,14-16H2,1H3,(H,26,28)/t19-,22+/m0/s1. The minimum atomic E-state index is -0.554. The Labute approximate surface area is 182 Å². The van der Waals surface area contributed by atoms with Gasteiger partial charge in [0.15, 0.2) is 6.61 Å². The third-order valence-corrected chi connectivity index (χ3v) is 6.16. The number of amides is 2. The molecule has 1 heterocycles. The Balaban J connectivity index is 1.29. The molecule has 6 heteroatoms. The fraction of sp³-hybridized carbons (Fsp3) is 0.400. The molecule has 2 atom stereocenters. The van der Waals surface area contributed by atoms with Gasteiger partial charge in [-0.2, -0.15) is 0 Å². The molecule has 0 bridgehead atoms. The third kappa shape index (κ3) is 4.79. The number of nitrogens with one attached hydrogen (secondary N) is 1. The zero-order valence-corrected chi connectivity index (χ0v) is 17.8. The molecule has 162 valence electrons. The first kappa shape index (κ1) is 21.1. The zero-order valence-electron chi connectivity index (χ0n) is 17.8. The molecular weight excluding hydrogens is 392 g/mol. The second-order valence-corrected chi connectivity index (χ2v) is 8.24. The van der Waals surface area contributed by atoms with Gasteiger partial charge < -0.3 is 15.0 Å². The lowest BCUT2D eigenvalue weighted by atomic mass is 9.88. The number of carbonyl (C=O) groups excluding carboxylic acids is 3. The smallest absolute Gasteiger partial charge is 0.311 e. The molecule has 0 radical (unpaired) electrons. The molecule has 2 aliphatic rings. The van der Waals surface area contributed by atoms with Crippen molar-refractivity contribution in [3.05, 3.63) is 65.2 Å². The molecule has 1 aliphatic carbocycles. The maximum absolute atomic E-state index is 12.5. The highest BCUT2D eigenvalue weighted by Gasteiger charge is 2.36. The normalized spacial score (nSPS) is 20.3. The van der Waals surface area contributed by atoms with E-state index in [0.29, 0.717) is 0 Å². The number of hydrogen-bond donors (Lipinski definition) is 1. The van der Waals surface area contributed by atoms with Crippen molar-refractivity contribution in [1.29, 1.82) is 0 Å². The van der Waals surface area contributed by atoms with Gasteiger partial charge in [0.05, 0.1) is 12.0 Å². The average molecular weight is 421 g/mol. The molecule has 1 saturated heterocycles. The highest BCUT2D eigenvalue weighted by atomic mass is 16.5. The summed E-state index contributed by atoms with van der Waals surface area (Å²) in [5.41, 5.74) is 4.37. The van der Waals surface area contributed by atoms with Crippen LogP contribution in [0.1, 0.15) is 48.9 Å². The van der Waals surface area contributed by atoms with Crippen LogP contribution in [0.2, 0.25) is 0 Å². The zero-order chi connectivity index (χ0) is 21.8. The highest BCUT2D eigenvalue weighted by molar-refractivity contribution is 5.99. The van der Waals surface area contributed by atoms with Crippen molar-refractivity contribution < 1.29 is 19.1 Å². The van der Waals surface area contributed by atoms with E-state index in [9.17, 15) is 14.4 Å². The van der Waals surface area contributed by atoms with E-state index in [0.717, 1.165) is 36.9 Å². The quantitative estimate of drug-likeness (QED) is 0.728. The number of rotatable bonds is 6. The van der Waals surface area contributed by atoms with Gasteiger partial charge in [-0.3, -0.25) is 14.4 Å². The van der Waals surface area contributed by atoms with E-state index >= 15 is 0 Å². The van der Waals surface area contributed by atoms with Gasteiger partial charge in [0.25, 0.3) is 5.91 Å². The molecule has 1 N–H and O–H groups in total. The Kier molecular flexibility index (Phi) is 6.35. The van der Waals surface area contributed by atoms with Gasteiger partial charge in [0.1, 0.15) is 0 Å². The number of benzene rings is 2. The maximum atomic E-state index is 12.5. The van der Waals surface area contributed by atoms with Gasteiger partial charge in [-0.15, -0.1) is 0 Å². The summed E-state index contributed by atoms with van der Waals surface area (Å²) in [6.07, 6.45) is 3.94. The molecule has 0 saturated carbocycles. The Morgan fingerprint density at radius 1 is 1.13 bits per heavy atom. The summed E-state index contributed by atoms with van der Waals surface area (Å²) in [6.45, 7) is 2.03. The molecule has 0 spiro atoms. The van der Waals surface area contributed by atoms with Crippen LogP contribution in [0.4, 0.5) is 5.69 Å². The topological polar surface area (TPSA) is 75.7 Å². The molecule has 2 amide bonds. The third-order valence-electron chi connectivity index (χ3n) is 6.16. The van der Waals surface area contributed by atoms with Crippen molar-refractivity contribution in [3.8, 4) is 0 Å². The van der Waals surface area contributed by atoms with Crippen molar-refractivity contribution in [2.75, 3.05) is 18.1 Å². The summed E-state index contributed by atoms with van der Waals surface area (Å²) >= 11 is 0. The highest BCUT2D eigenvalue weighted by Crippen LogP contribution is 2.29. The van der Waals surface area contributed by atoms with Crippen molar-refractivity contribution in [3.63, 3.8) is 0 Å². The van der Waals surface area contributed by atoms with Gasteiger partial charge >= 0.3 is 5.97 Å². The van der Waals surface area contributed by atoms with E-state index in [1.807, 2.05) is 42.5 Å². The molecule has 1 fully saturated rings. The van der Waals surface area contributed by atoms with E-state index < -0.39 is 11.9 Å². The fourth-order valence-electron chi connectivity index (χ4n) is 4.42. The summed E-state index contributed by atoms with van der Waals surface area (Å²) in [7, 11) is 0. The number of carbonyl (C=O) groups is 3. The molecule has 31 heavy (non-hydrogen) atoms. The predicted octanol–water partition coefficient (Wildman–Crippen LogP) is 3.34. The molecule has 6 nitrogen and oxygen atoms in total. The van der Waals surface area contributed by atoms with Gasteiger partial charge in [-0.05, 0) is 54.5 Å². The van der Waals surface area contributed by atoms with Crippen molar-refractivity contribution in [2.45, 2.75) is 45.1 Å². The summed E-state index contributed by atoms with van der Waals surface area (Å²) in [4.78, 5) is 38.9. The lowest BCUT2D eigenvalue weighted by molar-refractivity contribution is -0.152. The van der Waals surface area contributed by atoms with Crippen LogP contribution in [-0.4, -0.2) is 30.9 Å². The molecule has 0 aromatic heterocycles. The SMILES string of the molecule is CCc1ccc(N2C[C@@H](C(=O)OCC(=O)N[C@@H]3CCCc4ccccc43)CC2=O)cc1. The monoisotopic (exact) mass is 420 g/mol. The number of nitrogens with zero attached hydrogens (tertiary/aromatic N) is 1. The molecule has 2 aromatic carbocycles.